The zero-order valence-electron chi connectivity index (χ0n) is 12.4. The van der Waals surface area contributed by atoms with Crippen LogP contribution in [0.5, 0.6) is 0 Å². The Morgan fingerprint density at radius 3 is 2.83 bits per heavy atom. The maximum atomic E-state index is 11.7. The fraction of sp³-hybridized carbons (Fsp3) is 0.0588. The van der Waals surface area contributed by atoms with E-state index in [-0.39, 0.29) is 12.5 Å². The molecule has 0 saturated heterocycles. The molecule has 0 spiro atoms. The molecule has 1 aromatic carbocycles. The Bertz CT molecular complexity index is 845. The Kier molecular flexibility index (Phi) is 5.12. The minimum atomic E-state index is -0.498. The van der Waals surface area contributed by atoms with Crippen LogP contribution in [0.4, 0.5) is 0 Å². The van der Waals surface area contributed by atoms with Crippen LogP contribution in [0.2, 0.25) is 0 Å². The minimum Gasteiger partial charge on any atom is -0.452 e. The lowest BCUT2D eigenvalue weighted by Gasteiger charge is -1.96. The molecule has 24 heavy (non-hydrogen) atoms. The number of esters is 1. The third-order valence-electron chi connectivity index (χ3n) is 3.00. The Labute approximate surface area is 146 Å². The molecule has 0 bridgehead atoms. The summed E-state index contributed by atoms with van der Waals surface area (Å²) in [5.74, 6) is 0.178. The monoisotopic (exact) mass is 385 g/mol. The van der Waals surface area contributed by atoms with Crippen LogP contribution in [0, 0.1) is 0 Å². The lowest BCUT2D eigenvalue weighted by molar-refractivity contribution is -0.139. The summed E-state index contributed by atoms with van der Waals surface area (Å²) in [5.41, 5.74) is 1.63. The standard InChI is InChI=1S/C17H12BrN3O3/c18-14-6-4-13(5-7-14)17-20-15(24-21-17)11-23-16(22)8-3-12-2-1-9-19-10-12/h1-10H,11H2/b8-3+. The highest BCUT2D eigenvalue weighted by molar-refractivity contribution is 9.10. The molecule has 3 rings (SSSR count). The van der Waals surface area contributed by atoms with Gasteiger partial charge in [-0.2, -0.15) is 4.98 Å². The summed E-state index contributed by atoms with van der Waals surface area (Å²) in [4.78, 5) is 19.8. The van der Waals surface area contributed by atoms with Crippen LogP contribution < -0.4 is 0 Å². The molecule has 0 radical (unpaired) electrons. The normalized spacial score (nSPS) is 10.9. The summed E-state index contributed by atoms with van der Waals surface area (Å²) in [6, 6.07) is 11.1. The van der Waals surface area contributed by atoms with Crippen molar-refractivity contribution in [1.82, 2.24) is 15.1 Å². The van der Waals surface area contributed by atoms with Crippen molar-refractivity contribution < 1.29 is 14.1 Å². The number of halogens is 1. The molecule has 0 aliphatic carbocycles. The van der Waals surface area contributed by atoms with Gasteiger partial charge in [-0.15, -0.1) is 0 Å². The fourth-order valence-corrected chi connectivity index (χ4v) is 2.11. The summed E-state index contributed by atoms with van der Waals surface area (Å²) in [5, 5.41) is 3.87. The van der Waals surface area contributed by atoms with Gasteiger partial charge >= 0.3 is 5.97 Å². The van der Waals surface area contributed by atoms with Crippen LogP contribution in [0.1, 0.15) is 11.5 Å². The molecule has 7 heteroatoms. The van der Waals surface area contributed by atoms with Gasteiger partial charge in [0.05, 0.1) is 0 Å². The zero-order valence-corrected chi connectivity index (χ0v) is 14.0. The number of hydrogen-bond donors (Lipinski definition) is 0. The third-order valence-corrected chi connectivity index (χ3v) is 3.53. The number of ether oxygens (including phenoxy) is 1. The first-order valence-electron chi connectivity index (χ1n) is 7.04. The third kappa shape index (κ3) is 4.36. The van der Waals surface area contributed by atoms with Gasteiger partial charge in [-0.25, -0.2) is 4.79 Å². The van der Waals surface area contributed by atoms with Crippen molar-refractivity contribution in [3.05, 3.63) is 70.8 Å². The molecule has 0 unspecified atom stereocenters. The zero-order chi connectivity index (χ0) is 16.8. The molecule has 120 valence electrons. The van der Waals surface area contributed by atoms with E-state index in [1.807, 2.05) is 30.3 Å². The second-order valence-electron chi connectivity index (χ2n) is 4.75. The molecular weight excluding hydrogens is 374 g/mol. The molecule has 0 aliphatic rings. The van der Waals surface area contributed by atoms with E-state index in [4.69, 9.17) is 9.26 Å². The van der Waals surface area contributed by atoms with E-state index in [9.17, 15) is 4.79 Å². The molecule has 3 aromatic rings. The highest BCUT2D eigenvalue weighted by Crippen LogP contribution is 2.19. The lowest BCUT2D eigenvalue weighted by atomic mass is 10.2. The largest absolute Gasteiger partial charge is 0.452 e. The number of nitrogens with zero attached hydrogens (tertiary/aromatic N) is 3. The van der Waals surface area contributed by atoms with Crippen LogP contribution in [-0.4, -0.2) is 21.1 Å². The summed E-state index contributed by atoms with van der Waals surface area (Å²) in [6.07, 6.45) is 6.25. The van der Waals surface area contributed by atoms with Crippen molar-refractivity contribution in [3.8, 4) is 11.4 Å². The average Bonchev–Trinajstić information content (AvgIpc) is 3.09. The first kappa shape index (κ1) is 16.1. The van der Waals surface area contributed by atoms with Crippen molar-refractivity contribution >= 4 is 28.0 Å². The Balaban J connectivity index is 1.56. The summed E-state index contributed by atoms with van der Waals surface area (Å²) in [7, 11) is 0. The Hall–Kier alpha value is -2.80. The van der Waals surface area contributed by atoms with Gasteiger partial charge in [0.1, 0.15) is 0 Å². The number of rotatable bonds is 5. The second-order valence-corrected chi connectivity index (χ2v) is 5.66. The topological polar surface area (TPSA) is 78.1 Å². The summed E-state index contributed by atoms with van der Waals surface area (Å²) in [6.45, 7) is -0.0836. The van der Waals surface area contributed by atoms with E-state index in [1.54, 1.807) is 24.5 Å². The SMILES string of the molecule is O=C(/C=C/c1cccnc1)OCc1nc(-c2ccc(Br)cc2)no1. The Morgan fingerprint density at radius 1 is 1.25 bits per heavy atom. The molecule has 6 nitrogen and oxygen atoms in total. The molecule has 0 aliphatic heterocycles. The van der Waals surface area contributed by atoms with Crippen molar-refractivity contribution in [1.29, 1.82) is 0 Å². The number of carbonyl (C=O) groups is 1. The molecule has 2 heterocycles. The first-order valence-corrected chi connectivity index (χ1v) is 7.83. The van der Waals surface area contributed by atoms with Crippen LogP contribution in [0.3, 0.4) is 0 Å². The molecule has 0 atom stereocenters. The predicted octanol–water partition coefficient (Wildman–Crippen LogP) is 3.65. The van der Waals surface area contributed by atoms with Gasteiger partial charge in [-0.1, -0.05) is 27.2 Å². The van der Waals surface area contributed by atoms with Crippen LogP contribution in [0.15, 0.2) is 63.9 Å². The van der Waals surface area contributed by atoms with Gasteiger partial charge in [-0.05, 0) is 42.0 Å². The number of benzene rings is 1. The molecule has 0 saturated carbocycles. The van der Waals surface area contributed by atoms with Crippen LogP contribution in [-0.2, 0) is 16.1 Å². The predicted molar refractivity (Wildman–Crippen MR) is 90.5 cm³/mol. The Morgan fingerprint density at radius 2 is 2.08 bits per heavy atom. The molecule has 0 fully saturated rings. The molecule has 0 amide bonds. The smallest absolute Gasteiger partial charge is 0.331 e. The molecule has 2 aromatic heterocycles. The quantitative estimate of drug-likeness (QED) is 0.492. The minimum absolute atomic E-state index is 0.0836. The van der Waals surface area contributed by atoms with E-state index in [1.165, 1.54) is 6.08 Å². The maximum Gasteiger partial charge on any atom is 0.331 e. The van der Waals surface area contributed by atoms with Crippen molar-refractivity contribution in [3.63, 3.8) is 0 Å². The van der Waals surface area contributed by atoms with Crippen LogP contribution >= 0.6 is 15.9 Å². The van der Waals surface area contributed by atoms with E-state index in [0.29, 0.717) is 5.82 Å². The van der Waals surface area contributed by atoms with Crippen molar-refractivity contribution in [2.75, 3.05) is 0 Å². The van der Waals surface area contributed by atoms with Gasteiger partial charge < -0.3 is 9.26 Å². The number of aromatic nitrogens is 3. The summed E-state index contributed by atoms with van der Waals surface area (Å²) >= 11 is 3.36. The maximum absolute atomic E-state index is 11.7. The number of carbonyl (C=O) groups excluding carboxylic acids is 1. The highest BCUT2D eigenvalue weighted by atomic mass is 79.9. The van der Waals surface area contributed by atoms with Gasteiger partial charge in [0.2, 0.25) is 5.82 Å². The van der Waals surface area contributed by atoms with Gasteiger partial charge in [0, 0.05) is 28.5 Å². The van der Waals surface area contributed by atoms with Gasteiger partial charge in [0.25, 0.3) is 5.89 Å². The first-order chi connectivity index (χ1) is 11.7. The van der Waals surface area contributed by atoms with Gasteiger partial charge in [-0.3, -0.25) is 4.98 Å². The van der Waals surface area contributed by atoms with E-state index >= 15 is 0 Å². The number of hydrogen-bond acceptors (Lipinski definition) is 6. The summed E-state index contributed by atoms with van der Waals surface area (Å²) < 4.78 is 11.1. The highest BCUT2D eigenvalue weighted by Gasteiger charge is 2.10. The number of pyridine rings is 1. The van der Waals surface area contributed by atoms with E-state index in [0.717, 1.165) is 15.6 Å². The molecule has 0 N–H and O–H groups in total. The van der Waals surface area contributed by atoms with Crippen molar-refractivity contribution in [2.24, 2.45) is 0 Å². The lowest BCUT2D eigenvalue weighted by Crippen LogP contribution is -2.01. The van der Waals surface area contributed by atoms with E-state index < -0.39 is 5.97 Å². The van der Waals surface area contributed by atoms with Crippen LogP contribution in [0.25, 0.3) is 17.5 Å². The second kappa shape index (κ2) is 7.65. The molecular formula is C17H12BrN3O3. The van der Waals surface area contributed by atoms with Gasteiger partial charge in [0.15, 0.2) is 6.61 Å². The van der Waals surface area contributed by atoms with Crippen molar-refractivity contribution in [2.45, 2.75) is 6.61 Å². The fourth-order valence-electron chi connectivity index (χ4n) is 1.85. The average molecular weight is 386 g/mol. The van der Waals surface area contributed by atoms with E-state index in [2.05, 4.69) is 31.1 Å².